The number of para-hydroxylation sites is 2. The van der Waals surface area contributed by atoms with E-state index in [1.54, 1.807) is 31.1 Å². The first-order valence-corrected chi connectivity index (χ1v) is 10.3. The molecule has 30 heavy (non-hydrogen) atoms. The molecule has 2 aromatic rings. The number of rotatable bonds is 8. The highest BCUT2D eigenvalue weighted by Crippen LogP contribution is 2.35. The molecule has 1 aliphatic heterocycles. The lowest BCUT2D eigenvalue weighted by Gasteiger charge is -2.41. The number of carbonyl (C=O) groups is 2. The Balaban J connectivity index is 1.72. The van der Waals surface area contributed by atoms with Crippen molar-refractivity contribution in [2.75, 3.05) is 33.4 Å². The fourth-order valence-corrected chi connectivity index (χ4v) is 3.97. The molecule has 2 aromatic carbocycles. The van der Waals surface area contributed by atoms with Gasteiger partial charge in [-0.25, -0.2) is 0 Å². The average Bonchev–Trinajstić information content (AvgIpc) is 2.78. The van der Waals surface area contributed by atoms with Gasteiger partial charge in [0, 0.05) is 13.1 Å². The molecule has 6 nitrogen and oxygen atoms in total. The van der Waals surface area contributed by atoms with Crippen LogP contribution in [0, 0.1) is 5.41 Å². The minimum absolute atomic E-state index is 0.107. The van der Waals surface area contributed by atoms with Crippen molar-refractivity contribution < 1.29 is 23.8 Å². The molecular weight excluding hydrogens is 382 g/mol. The second kappa shape index (κ2) is 10.1. The molecule has 3 rings (SSSR count). The molecule has 0 aliphatic carbocycles. The monoisotopic (exact) mass is 411 g/mol. The predicted octanol–water partition coefficient (Wildman–Crippen LogP) is 3.49. The highest BCUT2D eigenvalue weighted by molar-refractivity contribution is 5.82. The van der Waals surface area contributed by atoms with Crippen molar-refractivity contribution in [2.24, 2.45) is 5.41 Å². The van der Waals surface area contributed by atoms with E-state index in [0.717, 1.165) is 12.0 Å². The highest BCUT2D eigenvalue weighted by Gasteiger charge is 2.44. The molecule has 1 unspecified atom stereocenters. The third-order valence-electron chi connectivity index (χ3n) is 5.44. The van der Waals surface area contributed by atoms with Crippen LogP contribution < -0.4 is 9.47 Å². The van der Waals surface area contributed by atoms with E-state index in [0.29, 0.717) is 44.0 Å². The minimum atomic E-state index is -0.740. The zero-order chi connectivity index (χ0) is 21.4. The summed E-state index contributed by atoms with van der Waals surface area (Å²) in [6, 6.07) is 17.1. The molecule has 0 N–H and O–H groups in total. The van der Waals surface area contributed by atoms with Crippen LogP contribution >= 0.6 is 0 Å². The molecule has 0 bridgehead atoms. The minimum Gasteiger partial charge on any atom is -0.493 e. The van der Waals surface area contributed by atoms with Gasteiger partial charge in [0.2, 0.25) is 0 Å². The zero-order valence-electron chi connectivity index (χ0n) is 17.6. The molecule has 160 valence electrons. The zero-order valence-corrected chi connectivity index (χ0v) is 17.6. The topological polar surface area (TPSA) is 65.1 Å². The quantitative estimate of drug-likeness (QED) is 0.622. The van der Waals surface area contributed by atoms with Gasteiger partial charge in [0.05, 0.1) is 19.1 Å². The number of nitrogens with zero attached hydrogens (tertiary/aromatic N) is 1. The Hall–Kier alpha value is -3.02. The number of methoxy groups -OCH3 is 1. The summed E-state index contributed by atoms with van der Waals surface area (Å²) in [5.41, 5.74) is 0.320. The summed E-state index contributed by atoms with van der Waals surface area (Å²) in [7, 11) is 1.56. The summed E-state index contributed by atoms with van der Waals surface area (Å²) < 4.78 is 16.4. The standard InChI is InChI=1S/C24H29NO5/c1-3-29-23(27)24(16-19-10-5-4-6-11-19)14-9-15-25(18-24)22(26)17-30-21-13-8-7-12-20(21)28-2/h4-8,10-13H,3,9,14-18H2,1-2H3. The number of piperidine rings is 1. The van der Waals surface area contributed by atoms with Crippen LogP contribution in [0.25, 0.3) is 0 Å². The number of esters is 1. The molecule has 1 saturated heterocycles. The normalized spacial score (nSPS) is 18.5. The van der Waals surface area contributed by atoms with Gasteiger partial charge in [-0.05, 0) is 43.9 Å². The largest absolute Gasteiger partial charge is 0.493 e. The Morgan fingerprint density at radius 3 is 2.43 bits per heavy atom. The molecule has 0 aromatic heterocycles. The van der Waals surface area contributed by atoms with E-state index in [-0.39, 0.29) is 18.5 Å². The van der Waals surface area contributed by atoms with E-state index in [4.69, 9.17) is 14.2 Å². The van der Waals surface area contributed by atoms with Crippen LogP contribution in [0.2, 0.25) is 0 Å². The SMILES string of the molecule is CCOC(=O)C1(Cc2ccccc2)CCCN(C(=O)COc2ccccc2OC)C1. The Morgan fingerprint density at radius 2 is 1.73 bits per heavy atom. The molecule has 1 atom stereocenters. The first-order valence-electron chi connectivity index (χ1n) is 10.3. The lowest BCUT2D eigenvalue weighted by atomic mass is 9.75. The van der Waals surface area contributed by atoms with Crippen molar-refractivity contribution in [1.29, 1.82) is 0 Å². The van der Waals surface area contributed by atoms with E-state index in [9.17, 15) is 9.59 Å². The van der Waals surface area contributed by atoms with Crippen molar-refractivity contribution in [2.45, 2.75) is 26.2 Å². The number of carbonyl (C=O) groups excluding carboxylic acids is 2. The molecule has 1 fully saturated rings. The van der Waals surface area contributed by atoms with Gasteiger partial charge in [0.15, 0.2) is 18.1 Å². The van der Waals surface area contributed by atoms with Crippen LogP contribution in [0.3, 0.4) is 0 Å². The van der Waals surface area contributed by atoms with Crippen molar-refractivity contribution in [1.82, 2.24) is 4.90 Å². The van der Waals surface area contributed by atoms with Gasteiger partial charge in [-0.1, -0.05) is 42.5 Å². The number of likely N-dealkylation sites (tertiary alicyclic amines) is 1. The van der Waals surface area contributed by atoms with Crippen LogP contribution in [0.5, 0.6) is 11.5 Å². The Labute approximate surface area is 177 Å². The number of ether oxygens (including phenoxy) is 3. The third kappa shape index (κ3) is 5.12. The average molecular weight is 411 g/mol. The van der Waals surface area contributed by atoms with E-state index < -0.39 is 5.41 Å². The molecule has 0 radical (unpaired) electrons. The molecular formula is C24H29NO5. The Kier molecular flexibility index (Phi) is 7.33. The maximum absolute atomic E-state index is 12.9. The molecule has 1 amide bonds. The van der Waals surface area contributed by atoms with Crippen molar-refractivity contribution in [3.05, 3.63) is 60.2 Å². The second-order valence-electron chi connectivity index (χ2n) is 7.52. The number of hydrogen-bond donors (Lipinski definition) is 0. The van der Waals surface area contributed by atoms with Crippen molar-refractivity contribution in [3.8, 4) is 11.5 Å². The summed E-state index contributed by atoms with van der Waals surface area (Å²) >= 11 is 0. The van der Waals surface area contributed by atoms with Crippen molar-refractivity contribution in [3.63, 3.8) is 0 Å². The molecule has 6 heteroatoms. The van der Waals surface area contributed by atoms with Gasteiger partial charge < -0.3 is 19.1 Å². The smallest absolute Gasteiger partial charge is 0.314 e. The first kappa shape index (κ1) is 21.7. The van der Waals surface area contributed by atoms with Gasteiger partial charge in [0.1, 0.15) is 0 Å². The van der Waals surface area contributed by atoms with Gasteiger partial charge >= 0.3 is 5.97 Å². The summed E-state index contributed by atoms with van der Waals surface area (Å²) in [4.78, 5) is 27.6. The van der Waals surface area contributed by atoms with Crippen LogP contribution in [0.15, 0.2) is 54.6 Å². The second-order valence-corrected chi connectivity index (χ2v) is 7.52. The Bertz CT molecular complexity index is 854. The summed E-state index contributed by atoms with van der Waals surface area (Å²) in [6.07, 6.45) is 1.98. The maximum atomic E-state index is 12.9. The summed E-state index contributed by atoms with van der Waals surface area (Å²) in [5.74, 6) is 0.708. The van der Waals surface area contributed by atoms with Crippen LogP contribution in [-0.4, -0.2) is 50.2 Å². The fourth-order valence-electron chi connectivity index (χ4n) is 3.97. The fraction of sp³-hybridized carbons (Fsp3) is 0.417. The van der Waals surface area contributed by atoms with Crippen LogP contribution in [-0.2, 0) is 20.7 Å². The third-order valence-corrected chi connectivity index (χ3v) is 5.44. The highest BCUT2D eigenvalue weighted by atomic mass is 16.5. The molecule has 0 spiro atoms. The van der Waals surface area contributed by atoms with Crippen LogP contribution in [0.4, 0.5) is 0 Å². The predicted molar refractivity (Wildman–Crippen MR) is 114 cm³/mol. The summed E-state index contributed by atoms with van der Waals surface area (Å²) in [6.45, 7) is 2.95. The number of hydrogen-bond acceptors (Lipinski definition) is 5. The summed E-state index contributed by atoms with van der Waals surface area (Å²) in [5, 5.41) is 0. The number of benzene rings is 2. The molecule has 0 saturated carbocycles. The van der Waals surface area contributed by atoms with Crippen molar-refractivity contribution >= 4 is 11.9 Å². The van der Waals surface area contributed by atoms with E-state index in [1.165, 1.54) is 0 Å². The first-order chi connectivity index (χ1) is 14.6. The van der Waals surface area contributed by atoms with Crippen LogP contribution in [0.1, 0.15) is 25.3 Å². The lowest BCUT2D eigenvalue weighted by molar-refractivity contribution is -0.161. The van der Waals surface area contributed by atoms with E-state index in [1.807, 2.05) is 42.5 Å². The molecule has 1 heterocycles. The maximum Gasteiger partial charge on any atom is 0.314 e. The van der Waals surface area contributed by atoms with E-state index in [2.05, 4.69) is 0 Å². The van der Waals surface area contributed by atoms with Gasteiger partial charge in [0.25, 0.3) is 5.91 Å². The van der Waals surface area contributed by atoms with E-state index >= 15 is 0 Å². The number of amides is 1. The van der Waals surface area contributed by atoms with Gasteiger partial charge in [-0.3, -0.25) is 9.59 Å². The Morgan fingerprint density at radius 1 is 1.03 bits per heavy atom. The van der Waals surface area contributed by atoms with Gasteiger partial charge in [-0.2, -0.15) is 0 Å². The molecule has 1 aliphatic rings. The lowest BCUT2D eigenvalue weighted by Crippen LogP contribution is -2.52. The van der Waals surface area contributed by atoms with Gasteiger partial charge in [-0.15, -0.1) is 0 Å².